The summed E-state index contributed by atoms with van der Waals surface area (Å²) in [5, 5.41) is 9.23. The third kappa shape index (κ3) is 4.17. The van der Waals surface area contributed by atoms with Crippen molar-refractivity contribution >= 4 is 11.9 Å². The van der Waals surface area contributed by atoms with Gasteiger partial charge in [-0.2, -0.15) is 0 Å². The van der Waals surface area contributed by atoms with Crippen LogP contribution in [-0.4, -0.2) is 73.2 Å². The Kier molecular flexibility index (Phi) is 5.99. The monoisotopic (exact) mass is 298 g/mol. The first-order chi connectivity index (χ1) is 10.1. The van der Waals surface area contributed by atoms with E-state index in [9.17, 15) is 14.7 Å². The molecule has 0 aromatic carbocycles. The molecule has 0 unspecified atom stereocenters. The van der Waals surface area contributed by atoms with Gasteiger partial charge in [0.05, 0.1) is 18.4 Å². The molecule has 0 bridgehead atoms. The summed E-state index contributed by atoms with van der Waals surface area (Å²) in [6.45, 7) is 4.85. The van der Waals surface area contributed by atoms with Gasteiger partial charge in [-0.3, -0.25) is 14.5 Å². The molecule has 1 aliphatic heterocycles. The summed E-state index contributed by atoms with van der Waals surface area (Å²) in [7, 11) is 1.69. The van der Waals surface area contributed by atoms with Gasteiger partial charge in [0.1, 0.15) is 0 Å². The zero-order valence-electron chi connectivity index (χ0n) is 12.8. The van der Waals surface area contributed by atoms with E-state index in [2.05, 4.69) is 4.90 Å². The number of nitrogens with zero attached hydrogens (tertiary/aromatic N) is 2. The van der Waals surface area contributed by atoms with Gasteiger partial charge in [-0.05, 0) is 25.8 Å². The van der Waals surface area contributed by atoms with Crippen LogP contribution in [0.4, 0.5) is 0 Å². The van der Waals surface area contributed by atoms with Gasteiger partial charge in [-0.15, -0.1) is 0 Å². The van der Waals surface area contributed by atoms with E-state index in [0.29, 0.717) is 19.6 Å². The quantitative estimate of drug-likeness (QED) is 0.808. The van der Waals surface area contributed by atoms with E-state index >= 15 is 0 Å². The van der Waals surface area contributed by atoms with Crippen LogP contribution in [0.5, 0.6) is 0 Å². The maximum absolute atomic E-state index is 12.6. The van der Waals surface area contributed by atoms with Crippen LogP contribution in [0.3, 0.4) is 0 Å². The van der Waals surface area contributed by atoms with E-state index < -0.39 is 11.9 Å². The molecular formula is C15H26N2O4. The van der Waals surface area contributed by atoms with E-state index in [1.54, 1.807) is 7.11 Å². The molecule has 0 radical (unpaired) electrons. The predicted molar refractivity (Wildman–Crippen MR) is 78.0 cm³/mol. The van der Waals surface area contributed by atoms with Crippen molar-refractivity contribution in [2.24, 2.45) is 11.8 Å². The number of carboxylic acid groups (broad SMARTS) is 1. The van der Waals surface area contributed by atoms with Crippen molar-refractivity contribution in [3.05, 3.63) is 0 Å². The molecular weight excluding hydrogens is 272 g/mol. The molecule has 1 saturated carbocycles. The highest BCUT2D eigenvalue weighted by Gasteiger charge is 2.39. The molecule has 1 aliphatic carbocycles. The first-order valence-electron chi connectivity index (χ1n) is 7.86. The molecule has 1 N–H and O–H groups in total. The molecule has 120 valence electrons. The second-order valence-electron chi connectivity index (χ2n) is 6.00. The summed E-state index contributed by atoms with van der Waals surface area (Å²) in [4.78, 5) is 28.0. The Hall–Kier alpha value is -1.14. The molecule has 6 nitrogen and oxygen atoms in total. The maximum atomic E-state index is 12.6. The van der Waals surface area contributed by atoms with Crippen LogP contribution >= 0.6 is 0 Å². The van der Waals surface area contributed by atoms with Crippen LogP contribution in [0.1, 0.15) is 25.7 Å². The number of carbonyl (C=O) groups excluding carboxylic acids is 1. The van der Waals surface area contributed by atoms with Crippen molar-refractivity contribution in [3.63, 3.8) is 0 Å². The van der Waals surface area contributed by atoms with Gasteiger partial charge in [-0.1, -0.05) is 6.42 Å². The Bertz CT molecular complexity index is 375. The van der Waals surface area contributed by atoms with Gasteiger partial charge in [0, 0.05) is 33.3 Å². The summed E-state index contributed by atoms with van der Waals surface area (Å²) in [6.07, 6.45) is 3.15. The highest BCUT2D eigenvalue weighted by Crippen LogP contribution is 2.33. The number of methoxy groups -OCH3 is 1. The number of amides is 1. The molecule has 1 amide bonds. The predicted octanol–water partition coefficient (Wildman–Crippen LogP) is 0.668. The Morgan fingerprint density at radius 2 is 1.86 bits per heavy atom. The van der Waals surface area contributed by atoms with Crippen LogP contribution in [0.15, 0.2) is 0 Å². The Morgan fingerprint density at radius 1 is 1.10 bits per heavy atom. The third-order valence-corrected chi connectivity index (χ3v) is 4.66. The first-order valence-corrected chi connectivity index (χ1v) is 7.86. The Balaban J connectivity index is 1.89. The number of carboxylic acids is 1. The standard InChI is InChI=1S/C15H26N2O4/c1-21-11-10-16-6-3-7-17(9-8-16)14(18)12-4-2-5-13(12)15(19)20/h12-13H,2-11H2,1H3,(H,19,20)/t12-,13+/m1/s1. The van der Waals surface area contributed by atoms with E-state index in [1.165, 1.54) is 0 Å². The number of aliphatic carboxylic acids is 1. The van der Waals surface area contributed by atoms with Crippen LogP contribution in [0, 0.1) is 11.8 Å². The topological polar surface area (TPSA) is 70.1 Å². The number of carbonyl (C=O) groups is 2. The molecule has 21 heavy (non-hydrogen) atoms. The molecule has 0 spiro atoms. The van der Waals surface area contributed by atoms with Crippen molar-refractivity contribution in [1.82, 2.24) is 9.80 Å². The van der Waals surface area contributed by atoms with E-state index in [4.69, 9.17) is 4.74 Å². The Morgan fingerprint density at radius 3 is 2.57 bits per heavy atom. The number of ether oxygens (including phenoxy) is 1. The van der Waals surface area contributed by atoms with Gasteiger partial charge in [0.15, 0.2) is 0 Å². The number of rotatable bonds is 5. The molecule has 0 aromatic rings. The van der Waals surface area contributed by atoms with Gasteiger partial charge < -0.3 is 14.7 Å². The van der Waals surface area contributed by atoms with E-state index in [0.717, 1.165) is 45.4 Å². The average molecular weight is 298 g/mol. The van der Waals surface area contributed by atoms with Gasteiger partial charge in [-0.25, -0.2) is 0 Å². The molecule has 2 fully saturated rings. The molecule has 0 aromatic heterocycles. The molecule has 1 heterocycles. The first kappa shape index (κ1) is 16.2. The van der Waals surface area contributed by atoms with Gasteiger partial charge in [0.2, 0.25) is 5.91 Å². The Labute approximate surface area is 126 Å². The fraction of sp³-hybridized carbons (Fsp3) is 0.867. The molecule has 2 aliphatic rings. The van der Waals surface area contributed by atoms with Crippen LogP contribution < -0.4 is 0 Å². The van der Waals surface area contributed by atoms with Crippen molar-refractivity contribution in [1.29, 1.82) is 0 Å². The second kappa shape index (κ2) is 7.75. The van der Waals surface area contributed by atoms with Gasteiger partial charge in [0.25, 0.3) is 0 Å². The zero-order chi connectivity index (χ0) is 15.2. The summed E-state index contributed by atoms with van der Waals surface area (Å²) in [5.41, 5.74) is 0. The van der Waals surface area contributed by atoms with Crippen molar-refractivity contribution in [2.75, 3.05) is 46.4 Å². The van der Waals surface area contributed by atoms with Crippen LogP contribution in [0.2, 0.25) is 0 Å². The maximum Gasteiger partial charge on any atom is 0.307 e. The number of hydrogen-bond donors (Lipinski definition) is 1. The SMILES string of the molecule is COCCN1CCCN(C(=O)[C@@H]2CCC[C@@H]2C(=O)O)CC1. The minimum atomic E-state index is -0.817. The molecule has 1 saturated heterocycles. The van der Waals surface area contributed by atoms with Crippen molar-refractivity contribution in [3.8, 4) is 0 Å². The minimum absolute atomic E-state index is 0.0495. The van der Waals surface area contributed by atoms with E-state index in [-0.39, 0.29) is 11.8 Å². The third-order valence-electron chi connectivity index (χ3n) is 4.66. The lowest BCUT2D eigenvalue weighted by Gasteiger charge is -2.26. The van der Waals surface area contributed by atoms with Crippen LogP contribution in [0.25, 0.3) is 0 Å². The second-order valence-corrected chi connectivity index (χ2v) is 6.00. The molecule has 2 rings (SSSR count). The summed E-state index contributed by atoms with van der Waals surface area (Å²) in [5.74, 6) is -1.56. The smallest absolute Gasteiger partial charge is 0.307 e. The van der Waals surface area contributed by atoms with Gasteiger partial charge >= 0.3 is 5.97 Å². The highest BCUT2D eigenvalue weighted by molar-refractivity contribution is 5.85. The van der Waals surface area contributed by atoms with Crippen LogP contribution in [-0.2, 0) is 14.3 Å². The molecule has 2 atom stereocenters. The zero-order valence-corrected chi connectivity index (χ0v) is 12.8. The normalized spacial score (nSPS) is 27.6. The largest absolute Gasteiger partial charge is 0.481 e. The highest BCUT2D eigenvalue weighted by atomic mass is 16.5. The lowest BCUT2D eigenvalue weighted by Crippen LogP contribution is -2.41. The summed E-state index contributed by atoms with van der Waals surface area (Å²) >= 11 is 0. The molecule has 6 heteroatoms. The van der Waals surface area contributed by atoms with E-state index in [1.807, 2.05) is 4.90 Å². The fourth-order valence-corrected chi connectivity index (χ4v) is 3.42. The lowest BCUT2D eigenvalue weighted by molar-refractivity contribution is -0.149. The number of hydrogen-bond acceptors (Lipinski definition) is 4. The van der Waals surface area contributed by atoms with Crippen molar-refractivity contribution in [2.45, 2.75) is 25.7 Å². The fourth-order valence-electron chi connectivity index (χ4n) is 3.42. The summed E-state index contributed by atoms with van der Waals surface area (Å²) in [6, 6.07) is 0. The average Bonchev–Trinajstić information content (AvgIpc) is 2.84. The summed E-state index contributed by atoms with van der Waals surface area (Å²) < 4.78 is 5.09. The van der Waals surface area contributed by atoms with Crippen molar-refractivity contribution < 1.29 is 19.4 Å². The lowest BCUT2D eigenvalue weighted by atomic mass is 9.94. The minimum Gasteiger partial charge on any atom is -0.481 e.